The van der Waals surface area contributed by atoms with E-state index in [0.717, 1.165) is 23.1 Å². The molecule has 4 rings (SSSR count). The maximum Gasteiger partial charge on any atom is 0.158 e. The summed E-state index contributed by atoms with van der Waals surface area (Å²) in [6.07, 6.45) is 0.906. The quantitative estimate of drug-likeness (QED) is 0.501. The van der Waals surface area contributed by atoms with E-state index < -0.39 is 0 Å². The van der Waals surface area contributed by atoms with Gasteiger partial charge < -0.3 is 10.2 Å². The summed E-state index contributed by atoms with van der Waals surface area (Å²) < 4.78 is 0. The fourth-order valence-electron chi connectivity index (χ4n) is 3.38. The third-order valence-electron chi connectivity index (χ3n) is 4.46. The number of phenols is 2. The van der Waals surface area contributed by atoms with E-state index in [1.807, 2.05) is 6.92 Å². The number of aromatic hydroxyl groups is 2. The molecule has 3 aromatic rings. The lowest BCUT2D eigenvalue weighted by atomic mass is 9.92. The van der Waals surface area contributed by atoms with Crippen molar-refractivity contribution in [1.82, 2.24) is 0 Å². The lowest BCUT2D eigenvalue weighted by Gasteiger charge is -2.13. The van der Waals surface area contributed by atoms with Crippen molar-refractivity contribution in [3.63, 3.8) is 0 Å². The molecule has 1 aliphatic carbocycles. The molecule has 0 atom stereocenters. The smallest absolute Gasteiger partial charge is 0.158 e. The minimum atomic E-state index is -0.0753. The van der Waals surface area contributed by atoms with E-state index in [4.69, 9.17) is 0 Å². The molecule has 0 fully saturated rings. The Morgan fingerprint density at radius 2 is 1.36 bits per heavy atom. The molecule has 108 valence electrons. The van der Waals surface area contributed by atoms with E-state index in [2.05, 4.69) is 42.5 Å². The largest absolute Gasteiger partial charge is 0.504 e. The van der Waals surface area contributed by atoms with Gasteiger partial charge in [0.2, 0.25) is 0 Å². The van der Waals surface area contributed by atoms with Crippen molar-refractivity contribution in [1.29, 1.82) is 0 Å². The van der Waals surface area contributed by atoms with Crippen LogP contribution in [-0.2, 0) is 6.42 Å². The minimum absolute atomic E-state index is 0.0721. The molecule has 2 heteroatoms. The van der Waals surface area contributed by atoms with Crippen molar-refractivity contribution in [3.05, 3.63) is 71.3 Å². The van der Waals surface area contributed by atoms with Gasteiger partial charge in [-0.25, -0.2) is 0 Å². The van der Waals surface area contributed by atoms with Crippen LogP contribution in [0.1, 0.15) is 16.7 Å². The van der Waals surface area contributed by atoms with Crippen molar-refractivity contribution in [2.75, 3.05) is 0 Å². The summed E-state index contributed by atoms with van der Waals surface area (Å²) in [6.45, 7) is 1.95. The molecule has 0 radical (unpaired) electrons. The molecule has 0 spiro atoms. The normalized spacial score (nSPS) is 12.0. The summed E-state index contributed by atoms with van der Waals surface area (Å²) in [5.41, 5.74) is 8.24. The highest BCUT2D eigenvalue weighted by Gasteiger charge is 2.22. The van der Waals surface area contributed by atoms with E-state index in [0.29, 0.717) is 0 Å². The van der Waals surface area contributed by atoms with Crippen LogP contribution in [0.3, 0.4) is 0 Å². The third-order valence-corrected chi connectivity index (χ3v) is 4.46. The fourth-order valence-corrected chi connectivity index (χ4v) is 3.38. The maximum absolute atomic E-state index is 9.86. The summed E-state index contributed by atoms with van der Waals surface area (Å²) in [4.78, 5) is 0. The maximum atomic E-state index is 9.86. The minimum Gasteiger partial charge on any atom is -0.504 e. The molecule has 3 aromatic carbocycles. The Labute approximate surface area is 129 Å². The Morgan fingerprint density at radius 1 is 0.727 bits per heavy atom. The van der Waals surface area contributed by atoms with E-state index in [1.54, 1.807) is 12.1 Å². The average Bonchev–Trinajstić information content (AvgIpc) is 2.90. The number of hydrogen-bond acceptors (Lipinski definition) is 2. The van der Waals surface area contributed by atoms with E-state index in [9.17, 15) is 10.2 Å². The zero-order valence-corrected chi connectivity index (χ0v) is 12.3. The van der Waals surface area contributed by atoms with Crippen molar-refractivity contribution in [3.8, 4) is 33.8 Å². The predicted molar refractivity (Wildman–Crippen MR) is 88.2 cm³/mol. The Hall–Kier alpha value is -2.74. The molecule has 1 aliphatic rings. The molecular weight excluding hydrogens is 272 g/mol. The molecule has 0 amide bonds. The van der Waals surface area contributed by atoms with Gasteiger partial charge in [0.1, 0.15) is 0 Å². The highest BCUT2D eigenvalue weighted by molar-refractivity contribution is 5.86. The van der Waals surface area contributed by atoms with Crippen LogP contribution in [0.25, 0.3) is 22.3 Å². The van der Waals surface area contributed by atoms with Gasteiger partial charge in [-0.1, -0.05) is 42.5 Å². The van der Waals surface area contributed by atoms with Gasteiger partial charge >= 0.3 is 0 Å². The number of hydrogen-bond donors (Lipinski definition) is 2. The van der Waals surface area contributed by atoms with Gasteiger partial charge in [-0.15, -0.1) is 0 Å². The molecule has 0 heterocycles. The molecule has 0 saturated heterocycles. The van der Waals surface area contributed by atoms with Crippen LogP contribution in [0.5, 0.6) is 11.5 Å². The zero-order chi connectivity index (χ0) is 15.3. The summed E-state index contributed by atoms with van der Waals surface area (Å²) >= 11 is 0. The summed E-state index contributed by atoms with van der Waals surface area (Å²) in [6, 6.07) is 18.0. The van der Waals surface area contributed by atoms with Gasteiger partial charge in [0, 0.05) is 0 Å². The first kappa shape index (κ1) is 13.0. The molecule has 2 nitrogen and oxygen atoms in total. The van der Waals surface area contributed by atoms with Crippen LogP contribution in [0.2, 0.25) is 0 Å². The lowest BCUT2D eigenvalue weighted by molar-refractivity contribution is 0.403. The predicted octanol–water partition coefficient (Wildman–Crippen LogP) is 4.64. The van der Waals surface area contributed by atoms with Crippen LogP contribution in [-0.4, -0.2) is 10.2 Å². The second-order valence-electron chi connectivity index (χ2n) is 5.82. The van der Waals surface area contributed by atoms with Gasteiger partial charge in [-0.2, -0.15) is 0 Å². The van der Waals surface area contributed by atoms with Gasteiger partial charge in [0.15, 0.2) is 11.5 Å². The molecular formula is C20H16O2. The third kappa shape index (κ3) is 1.81. The Bertz CT molecular complexity index is 894. The Kier molecular flexibility index (Phi) is 2.73. The van der Waals surface area contributed by atoms with E-state index >= 15 is 0 Å². The SMILES string of the molecule is Cc1cc(O)c(O)cc1-c1cccc2c1Cc1ccccc1-2. The van der Waals surface area contributed by atoms with Crippen LogP contribution in [0, 0.1) is 6.92 Å². The van der Waals surface area contributed by atoms with Crippen LogP contribution in [0.15, 0.2) is 54.6 Å². The highest BCUT2D eigenvalue weighted by Crippen LogP contribution is 2.43. The second kappa shape index (κ2) is 4.63. The Morgan fingerprint density at radius 3 is 2.18 bits per heavy atom. The van der Waals surface area contributed by atoms with E-state index in [-0.39, 0.29) is 11.5 Å². The number of fused-ring (bicyclic) bond motifs is 3. The van der Waals surface area contributed by atoms with Crippen LogP contribution in [0.4, 0.5) is 0 Å². The van der Waals surface area contributed by atoms with Gasteiger partial charge in [-0.3, -0.25) is 0 Å². The first-order chi connectivity index (χ1) is 10.6. The standard InChI is InChI=1S/C20H16O2/c1-12-9-19(21)20(22)11-17(12)16-8-4-7-15-14-6-3-2-5-13(14)10-18(15)16/h2-9,11,21-22H,10H2,1H3. The number of aryl methyl sites for hydroxylation is 1. The van der Waals surface area contributed by atoms with Gasteiger partial charge in [0.05, 0.1) is 0 Å². The van der Waals surface area contributed by atoms with E-state index in [1.165, 1.54) is 22.3 Å². The highest BCUT2D eigenvalue weighted by atomic mass is 16.3. The average molecular weight is 288 g/mol. The van der Waals surface area contributed by atoms with Crippen LogP contribution >= 0.6 is 0 Å². The van der Waals surface area contributed by atoms with Gasteiger partial charge in [-0.05, 0) is 64.4 Å². The summed E-state index contributed by atoms with van der Waals surface area (Å²) in [5.74, 6) is -0.147. The number of benzene rings is 3. The number of phenolic OH excluding ortho intramolecular Hbond substituents is 2. The number of rotatable bonds is 1. The lowest BCUT2D eigenvalue weighted by Crippen LogP contribution is -1.90. The van der Waals surface area contributed by atoms with Gasteiger partial charge in [0.25, 0.3) is 0 Å². The zero-order valence-electron chi connectivity index (χ0n) is 12.3. The molecule has 2 N–H and O–H groups in total. The molecule has 22 heavy (non-hydrogen) atoms. The monoisotopic (exact) mass is 288 g/mol. The molecule has 0 aromatic heterocycles. The second-order valence-corrected chi connectivity index (χ2v) is 5.82. The van der Waals surface area contributed by atoms with Crippen molar-refractivity contribution >= 4 is 0 Å². The summed E-state index contributed by atoms with van der Waals surface area (Å²) in [7, 11) is 0. The first-order valence-electron chi connectivity index (χ1n) is 7.38. The van der Waals surface area contributed by atoms with Crippen molar-refractivity contribution in [2.24, 2.45) is 0 Å². The molecule has 0 saturated carbocycles. The van der Waals surface area contributed by atoms with Crippen molar-refractivity contribution in [2.45, 2.75) is 13.3 Å². The van der Waals surface area contributed by atoms with Crippen LogP contribution < -0.4 is 0 Å². The fraction of sp³-hybridized carbons (Fsp3) is 0.100. The topological polar surface area (TPSA) is 40.5 Å². The molecule has 0 bridgehead atoms. The van der Waals surface area contributed by atoms with Crippen molar-refractivity contribution < 1.29 is 10.2 Å². The first-order valence-corrected chi connectivity index (χ1v) is 7.38. The molecule has 0 unspecified atom stereocenters. The summed E-state index contributed by atoms with van der Waals surface area (Å²) in [5, 5.41) is 19.5. The Balaban J connectivity index is 1.95. The molecule has 0 aliphatic heterocycles.